The maximum absolute atomic E-state index is 6.49. The zero-order valence-corrected chi connectivity index (χ0v) is 11.6. The van der Waals surface area contributed by atoms with Crippen molar-refractivity contribution < 1.29 is 0 Å². The van der Waals surface area contributed by atoms with Gasteiger partial charge in [0, 0.05) is 16.5 Å². The van der Waals surface area contributed by atoms with Crippen LogP contribution in [0.2, 0.25) is 0 Å². The van der Waals surface area contributed by atoms with E-state index >= 15 is 0 Å². The molecule has 0 amide bonds. The summed E-state index contributed by atoms with van der Waals surface area (Å²) in [5.74, 6) is 0. The fourth-order valence-corrected chi connectivity index (χ4v) is 3.02. The number of hydrogen-bond acceptors (Lipinski definition) is 1. The van der Waals surface area contributed by atoms with Crippen molar-refractivity contribution in [1.82, 2.24) is 0 Å². The minimum atomic E-state index is 0.863. The summed E-state index contributed by atoms with van der Waals surface area (Å²) in [6, 6.07) is 27.3. The number of rotatable bonds is 1. The zero-order chi connectivity index (χ0) is 14.2. The lowest BCUT2D eigenvalue weighted by Crippen LogP contribution is -1.92. The van der Waals surface area contributed by atoms with Gasteiger partial charge in [-0.25, -0.2) is 0 Å². The minimum absolute atomic E-state index is 0.863. The highest BCUT2D eigenvalue weighted by molar-refractivity contribution is 6.15. The van der Waals surface area contributed by atoms with E-state index in [1.54, 1.807) is 0 Å². The Bertz CT molecular complexity index is 940. The molecule has 0 unspecified atom stereocenters. The second-order valence-corrected chi connectivity index (χ2v) is 5.28. The molecule has 0 bridgehead atoms. The van der Waals surface area contributed by atoms with Crippen molar-refractivity contribution in [1.29, 1.82) is 0 Å². The Morgan fingerprint density at radius 3 is 2.19 bits per heavy atom. The van der Waals surface area contributed by atoms with Gasteiger partial charge in [0.05, 0.1) is 0 Å². The van der Waals surface area contributed by atoms with Crippen LogP contribution < -0.4 is 5.73 Å². The van der Waals surface area contributed by atoms with Gasteiger partial charge in [0.25, 0.3) is 0 Å². The Labute approximate surface area is 123 Å². The van der Waals surface area contributed by atoms with E-state index in [1.807, 2.05) is 12.1 Å². The van der Waals surface area contributed by atoms with Crippen molar-refractivity contribution in [2.24, 2.45) is 0 Å². The summed E-state index contributed by atoms with van der Waals surface area (Å²) in [5, 5.41) is 4.64. The van der Waals surface area contributed by atoms with Gasteiger partial charge in [0.15, 0.2) is 0 Å². The van der Waals surface area contributed by atoms with Crippen LogP contribution in [-0.4, -0.2) is 0 Å². The van der Waals surface area contributed by atoms with Crippen molar-refractivity contribution in [3.05, 3.63) is 78.9 Å². The zero-order valence-electron chi connectivity index (χ0n) is 11.6. The second kappa shape index (κ2) is 4.64. The number of anilines is 1. The molecule has 0 aliphatic carbocycles. The van der Waals surface area contributed by atoms with Gasteiger partial charge >= 0.3 is 0 Å². The molecule has 0 saturated heterocycles. The summed E-state index contributed by atoms with van der Waals surface area (Å²) in [4.78, 5) is 0. The van der Waals surface area contributed by atoms with Crippen molar-refractivity contribution in [2.45, 2.75) is 0 Å². The van der Waals surface area contributed by atoms with Gasteiger partial charge in [0.2, 0.25) is 0 Å². The molecule has 0 aliphatic heterocycles. The lowest BCUT2D eigenvalue weighted by atomic mass is 9.94. The third kappa shape index (κ3) is 1.86. The fourth-order valence-electron chi connectivity index (χ4n) is 3.02. The number of hydrogen-bond donors (Lipinski definition) is 1. The van der Waals surface area contributed by atoms with Crippen molar-refractivity contribution >= 4 is 27.2 Å². The van der Waals surface area contributed by atoms with Gasteiger partial charge < -0.3 is 5.73 Å². The average molecular weight is 269 g/mol. The third-order valence-electron chi connectivity index (χ3n) is 4.01. The van der Waals surface area contributed by atoms with E-state index in [0.717, 1.165) is 16.5 Å². The van der Waals surface area contributed by atoms with Crippen LogP contribution in [0.25, 0.3) is 32.7 Å². The van der Waals surface area contributed by atoms with Crippen LogP contribution in [0.3, 0.4) is 0 Å². The highest BCUT2D eigenvalue weighted by Gasteiger charge is 2.09. The number of nitrogens with two attached hydrogens (primary N) is 1. The quantitative estimate of drug-likeness (QED) is 0.371. The van der Waals surface area contributed by atoms with E-state index in [2.05, 4.69) is 66.7 Å². The van der Waals surface area contributed by atoms with E-state index in [-0.39, 0.29) is 0 Å². The first-order chi connectivity index (χ1) is 10.3. The Kier molecular flexibility index (Phi) is 2.65. The monoisotopic (exact) mass is 269 g/mol. The lowest BCUT2D eigenvalue weighted by molar-refractivity contribution is 1.66. The fraction of sp³-hybridized carbons (Fsp3) is 0. The normalized spacial score (nSPS) is 11.0. The average Bonchev–Trinajstić information content (AvgIpc) is 2.55. The number of nitrogen functional groups attached to an aromatic ring is 1. The third-order valence-corrected chi connectivity index (χ3v) is 4.01. The molecule has 100 valence electrons. The van der Waals surface area contributed by atoms with E-state index < -0.39 is 0 Å². The van der Waals surface area contributed by atoms with Gasteiger partial charge in [-0.3, -0.25) is 0 Å². The van der Waals surface area contributed by atoms with Crippen LogP contribution in [0.1, 0.15) is 0 Å². The summed E-state index contributed by atoms with van der Waals surface area (Å²) in [5.41, 5.74) is 9.75. The molecule has 4 aromatic carbocycles. The molecule has 1 heteroatoms. The molecule has 0 heterocycles. The highest BCUT2D eigenvalue weighted by Crippen LogP contribution is 2.37. The van der Waals surface area contributed by atoms with Crippen molar-refractivity contribution in [3.63, 3.8) is 0 Å². The Morgan fingerprint density at radius 1 is 0.619 bits per heavy atom. The minimum Gasteiger partial charge on any atom is -0.398 e. The summed E-state index contributed by atoms with van der Waals surface area (Å²) in [7, 11) is 0. The molecule has 0 spiro atoms. The van der Waals surface area contributed by atoms with Crippen LogP contribution >= 0.6 is 0 Å². The molecule has 0 saturated carbocycles. The topological polar surface area (TPSA) is 26.0 Å². The Hall–Kier alpha value is -2.80. The summed E-state index contributed by atoms with van der Waals surface area (Å²) in [6.07, 6.45) is 0. The van der Waals surface area contributed by atoms with Crippen molar-refractivity contribution in [3.8, 4) is 11.1 Å². The first-order valence-electron chi connectivity index (χ1n) is 7.10. The molecule has 21 heavy (non-hydrogen) atoms. The first-order valence-corrected chi connectivity index (χ1v) is 7.10. The molecule has 0 fully saturated rings. The van der Waals surface area contributed by atoms with Gasteiger partial charge in [-0.15, -0.1) is 0 Å². The van der Waals surface area contributed by atoms with Crippen LogP contribution in [0.5, 0.6) is 0 Å². The largest absolute Gasteiger partial charge is 0.398 e. The molecule has 0 radical (unpaired) electrons. The summed E-state index contributed by atoms with van der Waals surface area (Å²) in [6.45, 7) is 0. The smallest absolute Gasteiger partial charge is 0.0479 e. The van der Waals surface area contributed by atoms with Gasteiger partial charge in [-0.2, -0.15) is 0 Å². The predicted molar refractivity (Wildman–Crippen MR) is 91.3 cm³/mol. The maximum atomic E-state index is 6.49. The molecule has 0 atom stereocenters. The van der Waals surface area contributed by atoms with Gasteiger partial charge in [0.1, 0.15) is 0 Å². The van der Waals surface area contributed by atoms with Crippen LogP contribution in [0, 0.1) is 0 Å². The van der Waals surface area contributed by atoms with Gasteiger partial charge in [-0.05, 0) is 28.0 Å². The lowest BCUT2D eigenvalue weighted by Gasteiger charge is -2.12. The number of benzene rings is 4. The Balaban J connectivity index is 2.16. The van der Waals surface area contributed by atoms with Crippen LogP contribution in [0.4, 0.5) is 5.69 Å². The van der Waals surface area contributed by atoms with E-state index in [4.69, 9.17) is 5.73 Å². The van der Waals surface area contributed by atoms with Crippen LogP contribution in [-0.2, 0) is 0 Å². The van der Waals surface area contributed by atoms with E-state index in [1.165, 1.54) is 21.9 Å². The molecule has 0 aromatic heterocycles. The Morgan fingerprint density at radius 2 is 1.33 bits per heavy atom. The van der Waals surface area contributed by atoms with Crippen molar-refractivity contribution in [2.75, 3.05) is 5.73 Å². The first kappa shape index (κ1) is 12.0. The molecular formula is C20H15N. The highest BCUT2D eigenvalue weighted by atomic mass is 14.6. The maximum Gasteiger partial charge on any atom is 0.0479 e. The molecule has 1 nitrogen and oxygen atoms in total. The summed E-state index contributed by atoms with van der Waals surface area (Å²) < 4.78 is 0. The number of fused-ring (bicyclic) bond motifs is 2. The summed E-state index contributed by atoms with van der Waals surface area (Å²) >= 11 is 0. The van der Waals surface area contributed by atoms with E-state index in [0.29, 0.717) is 0 Å². The van der Waals surface area contributed by atoms with Crippen LogP contribution in [0.15, 0.2) is 78.9 Å². The predicted octanol–water partition coefficient (Wildman–Crippen LogP) is 5.24. The second-order valence-electron chi connectivity index (χ2n) is 5.28. The molecule has 4 aromatic rings. The molecule has 0 aliphatic rings. The SMILES string of the molecule is Nc1c2ccccc2cc2cccc(-c3ccccc3)c12. The molecule has 4 rings (SSSR count). The standard InChI is InChI=1S/C20H15N/c21-20-18-11-5-4-9-15(18)13-16-10-6-12-17(19(16)20)14-7-2-1-3-8-14/h1-13H,21H2. The van der Waals surface area contributed by atoms with E-state index in [9.17, 15) is 0 Å². The van der Waals surface area contributed by atoms with Gasteiger partial charge in [-0.1, -0.05) is 72.8 Å². The molecule has 2 N–H and O–H groups in total. The molecular weight excluding hydrogens is 254 g/mol.